The Morgan fingerprint density at radius 2 is 2.00 bits per heavy atom. The summed E-state index contributed by atoms with van der Waals surface area (Å²) in [5.41, 5.74) is 8.42. The van der Waals surface area contributed by atoms with E-state index in [0.717, 1.165) is 12.2 Å². The lowest BCUT2D eigenvalue weighted by atomic mass is 9.94. The highest BCUT2D eigenvalue weighted by atomic mass is 16.5. The van der Waals surface area contributed by atoms with E-state index in [1.807, 2.05) is 0 Å². The van der Waals surface area contributed by atoms with Gasteiger partial charge in [0.05, 0.1) is 13.2 Å². The zero-order chi connectivity index (χ0) is 13.9. The lowest BCUT2D eigenvalue weighted by Crippen LogP contribution is -2.07. The molecular formula is C18H19NO. The maximum absolute atomic E-state index is 5.44. The number of aryl methyl sites for hydroxylation is 2. The van der Waals surface area contributed by atoms with Crippen molar-refractivity contribution in [1.29, 1.82) is 0 Å². The van der Waals surface area contributed by atoms with Crippen molar-refractivity contribution in [2.45, 2.75) is 32.2 Å². The highest BCUT2D eigenvalue weighted by Crippen LogP contribution is 2.53. The Labute approximate surface area is 119 Å². The number of fused-ring (bicyclic) bond motifs is 5. The second-order valence-electron chi connectivity index (χ2n) is 5.99. The third-order valence-electron chi connectivity index (χ3n) is 4.84. The zero-order valence-electron chi connectivity index (χ0n) is 12.2. The van der Waals surface area contributed by atoms with Crippen molar-refractivity contribution < 1.29 is 4.74 Å². The molecule has 0 saturated heterocycles. The molecule has 1 heterocycles. The Bertz CT molecular complexity index is 705. The van der Waals surface area contributed by atoms with Gasteiger partial charge in [0.1, 0.15) is 5.75 Å². The maximum Gasteiger partial charge on any atom is 0.119 e. The van der Waals surface area contributed by atoms with Crippen molar-refractivity contribution in [3.8, 4) is 5.75 Å². The fraction of sp³-hybridized carbons (Fsp3) is 0.333. The average Bonchev–Trinajstić information content (AvgIpc) is 2.96. The number of hydrogen-bond donors (Lipinski definition) is 1. The molecule has 2 aromatic carbocycles. The summed E-state index contributed by atoms with van der Waals surface area (Å²) in [6.07, 6.45) is 1.13. The van der Waals surface area contributed by atoms with Crippen molar-refractivity contribution in [1.82, 2.24) is 0 Å². The average molecular weight is 265 g/mol. The summed E-state index contributed by atoms with van der Waals surface area (Å²) in [4.78, 5) is 0. The highest BCUT2D eigenvalue weighted by molar-refractivity contribution is 5.70. The van der Waals surface area contributed by atoms with E-state index in [9.17, 15) is 0 Å². The molecule has 0 radical (unpaired) electrons. The normalized spacial score (nSPS) is 21.9. The number of anilines is 1. The molecule has 2 nitrogen and oxygen atoms in total. The van der Waals surface area contributed by atoms with E-state index >= 15 is 0 Å². The Hall–Kier alpha value is -1.96. The van der Waals surface area contributed by atoms with Gasteiger partial charge in [-0.1, -0.05) is 18.2 Å². The van der Waals surface area contributed by atoms with Gasteiger partial charge in [-0.05, 0) is 60.2 Å². The topological polar surface area (TPSA) is 21.3 Å². The van der Waals surface area contributed by atoms with Crippen molar-refractivity contribution in [3.63, 3.8) is 0 Å². The molecule has 0 bridgehead atoms. The van der Waals surface area contributed by atoms with E-state index < -0.39 is 0 Å². The molecule has 2 heteroatoms. The van der Waals surface area contributed by atoms with Gasteiger partial charge in [-0.2, -0.15) is 0 Å². The summed E-state index contributed by atoms with van der Waals surface area (Å²) in [7, 11) is 1.74. The van der Waals surface area contributed by atoms with E-state index in [0.29, 0.717) is 12.0 Å². The Balaban J connectivity index is 1.85. The van der Waals surface area contributed by atoms with Crippen molar-refractivity contribution in [2.24, 2.45) is 0 Å². The smallest absolute Gasteiger partial charge is 0.119 e. The fourth-order valence-corrected chi connectivity index (χ4v) is 3.93. The summed E-state index contributed by atoms with van der Waals surface area (Å²) in [5.74, 6) is 1.52. The Morgan fingerprint density at radius 3 is 2.80 bits per heavy atom. The van der Waals surface area contributed by atoms with Crippen LogP contribution in [0.4, 0.5) is 5.69 Å². The van der Waals surface area contributed by atoms with E-state index in [1.54, 1.807) is 7.11 Å². The summed E-state index contributed by atoms with van der Waals surface area (Å²) in [6.45, 7) is 4.38. The van der Waals surface area contributed by atoms with Crippen molar-refractivity contribution in [2.75, 3.05) is 12.4 Å². The van der Waals surface area contributed by atoms with Gasteiger partial charge in [0.2, 0.25) is 0 Å². The summed E-state index contributed by atoms with van der Waals surface area (Å²) < 4.78 is 5.44. The van der Waals surface area contributed by atoms with Crippen molar-refractivity contribution >= 4 is 5.69 Å². The van der Waals surface area contributed by atoms with E-state index in [1.165, 1.54) is 33.5 Å². The molecule has 1 N–H and O–H groups in total. The summed E-state index contributed by atoms with van der Waals surface area (Å²) >= 11 is 0. The van der Waals surface area contributed by atoms with Crippen LogP contribution in [0.1, 0.15) is 39.8 Å². The lowest BCUT2D eigenvalue weighted by Gasteiger charge is -2.14. The molecule has 1 aliphatic heterocycles. The summed E-state index contributed by atoms with van der Waals surface area (Å²) in [5, 5.41) is 3.76. The molecular weight excluding hydrogens is 246 g/mol. The van der Waals surface area contributed by atoms with Gasteiger partial charge in [0, 0.05) is 11.6 Å². The number of hydrogen-bond acceptors (Lipinski definition) is 2. The molecule has 4 rings (SSSR count). The van der Waals surface area contributed by atoms with Gasteiger partial charge in [0.25, 0.3) is 0 Å². The van der Waals surface area contributed by atoms with Gasteiger partial charge in [-0.3, -0.25) is 0 Å². The predicted molar refractivity (Wildman–Crippen MR) is 81.7 cm³/mol. The minimum atomic E-state index is 0.437. The minimum Gasteiger partial charge on any atom is -0.497 e. The molecule has 2 aromatic rings. The van der Waals surface area contributed by atoms with Crippen LogP contribution in [0.5, 0.6) is 5.75 Å². The van der Waals surface area contributed by atoms with Crippen LogP contribution in [0.2, 0.25) is 0 Å². The van der Waals surface area contributed by atoms with Gasteiger partial charge in [-0.15, -0.1) is 0 Å². The predicted octanol–water partition coefficient (Wildman–Crippen LogP) is 4.12. The Kier molecular flexibility index (Phi) is 2.38. The minimum absolute atomic E-state index is 0.437. The van der Waals surface area contributed by atoms with Gasteiger partial charge in [0.15, 0.2) is 0 Å². The standard InChI is InChI=1S/C18H19NO/c1-10-5-4-6-12-8-14-15-9-13(20-3)7-11(2)17(15)19-18(14)16(10)12/h4-7,9,14,18-19H,8H2,1-3H3/t14-,18+/m0/s1. The maximum atomic E-state index is 5.44. The molecule has 0 amide bonds. The van der Waals surface area contributed by atoms with Crippen LogP contribution in [0.25, 0.3) is 0 Å². The van der Waals surface area contributed by atoms with Crippen LogP contribution < -0.4 is 10.1 Å². The Morgan fingerprint density at radius 1 is 1.15 bits per heavy atom. The molecule has 0 unspecified atom stereocenters. The molecule has 20 heavy (non-hydrogen) atoms. The van der Waals surface area contributed by atoms with Crippen LogP contribution in [0.15, 0.2) is 30.3 Å². The third kappa shape index (κ3) is 1.45. The first-order valence-corrected chi connectivity index (χ1v) is 7.22. The second-order valence-corrected chi connectivity index (χ2v) is 5.99. The molecule has 0 fully saturated rings. The van der Waals surface area contributed by atoms with Crippen LogP contribution in [0, 0.1) is 13.8 Å². The van der Waals surface area contributed by atoms with Gasteiger partial charge in [-0.25, -0.2) is 0 Å². The number of benzene rings is 2. The largest absolute Gasteiger partial charge is 0.497 e. The number of nitrogens with one attached hydrogen (secondary N) is 1. The third-order valence-corrected chi connectivity index (χ3v) is 4.84. The van der Waals surface area contributed by atoms with Gasteiger partial charge >= 0.3 is 0 Å². The summed E-state index contributed by atoms with van der Waals surface area (Å²) in [6, 6.07) is 11.4. The number of ether oxygens (including phenoxy) is 1. The second kappa shape index (κ2) is 4.02. The van der Waals surface area contributed by atoms with Crippen LogP contribution in [0.3, 0.4) is 0 Å². The molecule has 0 saturated carbocycles. The molecule has 0 spiro atoms. The lowest BCUT2D eigenvalue weighted by molar-refractivity contribution is 0.414. The molecule has 2 atom stereocenters. The highest BCUT2D eigenvalue weighted by Gasteiger charge is 2.41. The molecule has 2 aliphatic rings. The van der Waals surface area contributed by atoms with Crippen LogP contribution in [-0.2, 0) is 6.42 Å². The van der Waals surface area contributed by atoms with Crippen molar-refractivity contribution in [3.05, 3.63) is 58.1 Å². The monoisotopic (exact) mass is 265 g/mol. The first-order chi connectivity index (χ1) is 9.69. The molecule has 102 valence electrons. The number of methoxy groups -OCH3 is 1. The zero-order valence-corrected chi connectivity index (χ0v) is 12.2. The SMILES string of the molecule is COc1cc(C)c2c(c1)[C@@H]1Cc3cccc(C)c3[C@@H]1N2. The van der Waals surface area contributed by atoms with Gasteiger partial charge < -0.3 is 10.1 Å². The van der Waals surface area contributed by atoms with Crippen LogP contribution in [-0.4, -0.2) is 7.11 Å². The van der Waals surface area contributed by atoms with E-state index in [4.69, 9.17) is 4.74 Å². The fourth-order valence-electron chi connectivity index (χ4n) is 3.93. The first-order valence-electron chi connectivity index (χ1n) is 7.22. The quantitative estimate of drug-likeness (QED) is 0.837. The molecule has 1 aliphatic carbocycles. The number of rotatable bonds is 1. The first kappa shape index (κ1) is 11.8. The molecule has 0 aromatic heterocycles. The van der Waals surface area contributed by atoms with Crippen LogP contribution >= 0.6 is 0 Å². The van der Waals surface area contributed by atoms with E-state index in [2.05, 4.69) is 49.5 Å². The van der Waals surface area contributed by atoms with E-state index in [-0.39, 0.29) is 0 Å².